The topological polar surface area (TPSA) is 78.9 Å². The van der Waals surface area contributed by atoms with E-state index in [4.69, 9.17) is 14.2 Å². The van der Waals surface area contributed by atoms with Gasteiger partial charge in [0.2, 0.25) is 0 Å². The van der Waals surface area contributed by atoms with Gasteiger partial charge in [0, 0.05) is 19.3 Å². The van der Waals surface area contributed by atoms with Crippen LogP contribution >= 0.6 is 0 Å². The lowest BCUT2D eigenvalue weighted by atomic mass is 9.99. The van der Waals surface area contributed by atoms with Crippen molar-refractivity contribution in [2.45, 2.75) is 272 Å². The fourth-order valence-corrected chi connectivity index (χ4v) is 7.25. The highest BCUT2D eigenvalue weighted by molar-refractivity contribution is 5.71. The third-order valence-electron chi connectivity index (χ3n) is 11.3. The van der Waals surface area contributed by atoms with Crippen molar-refractivity contribution in [3.05, 3.63) is 0 Å². The molecule has 6 nitrogen and oxygen atoms in total. The molecule has 326 valence electrons. The first-order valence-corrected chi connectivity index (χ1v) is 24.3. The van der Waals surface area contributed by atoms with Crippen molar-refractivity contribution in [1.82, 2.24) is 0 Å². The summed E-state index contributed by atoms with van der Waals surface area (Å²) in [5.41, 5.74) is 0. The van der Waals surface area contributed by atoms with E-state index >= 15 is 0 Å². The van der Waals surface area contributed by atoms with Crippen LogP contribution < -0.4 is 0 Å². The number of hydrogen-bond donors (Lipinski definition) is 0. The lowest BCUT2D eigenvalue weighted by Crippen LogP contribution is -2.30. The average Bonchev–Trinajstić information content (AvgIpc) is 3.17. The van der Waals surface area contributed by atoms with E-state index in [1.165, 1.54) is 154 Å². The molecule has 0 radical (unpaired) electrons. The number of esters is 3. The maximum Gasteiger partial charge on any atom is 0.306 e. The summed E-state index contributed by atoms with van der Waals surface area (Å²) in [6, 6.07) is 0. The highest BCUT2D eigenvalue weighted by Gasteiger charge is 2.19. The molecule has 0 saturated carbocycles. The summed E-state index contributed by atoms with van der Waals surface area (Å²) >= 11 is 0. The van der Waals surface area contributed by atoms with Gasteiger partial charge in [-0.1, -0.05) is 227 Å². The fraction of sp³-hybridized carbons (Fsp3) is 0.939. The van der Waals surface area contributed by atoms with E-state index in [0.29, 0.717) is 19.3 Å². The molecular formula is C49H94O6. The van der Waals surface area contributed by atoms with Crippen LogP contribution in [0, 0.1) is 11.8 Å². The van der Waals surface area contributed by atoms with E-state index in [-0.39, 0.29) is 31.1 Å². The number of carbonyl (C=O) groups excluding carboxylic acids is 3. The van der Waals surface area contributed by atoms with Crippen LogP contribution in [0.15, 0.2) is 0 Å². The zero-order valence-electron chi connectivity index (χ0n) is 37.6. The third kappa shape index (κ3) is 41.9. The van der Waals surface area contributed by atoms with Gasteiger partial charge in [-0.3, -0.25) is 14.4 Å². The molecular weight excluding hydrogens is 685 g/mol. The van der Waals surface area contributed by atoms with Gasteiger partial charge in [0.1, 0.15) is 13.2 Å². The van der Waals surface area contributed by atoms with E-state index in [1.807, 2.05) is 0 Å². The van der Waals surface area contributed by atoms with Crippen molar-refractivity contribution in [1.29, 1.82) is 0 Å². The summed E-state index contributed by atoms with van der Waals surface area (Å²) in [4.78, 5) is 37.8. The highest BCUT2D eigenvalue weighted by Crippen LogP contribution is 2.17. The van der Waals surface area contributed by atoms with Crippen molar-refractivity contribution in [2.24, 2.45) is 11.8 Å². The first kappa shape index (κ1) is 53.4. The second-order valence-corrected chi connectivity index (χ2v) is 17.5. The molecule has 0 aliphatic rings. The molecule has 2 atom stereocenters. The molecule has 0 aromatic rings. The van der Waals surface area contributed by atoms with Crippen molar-refractivity contribution in [3.8, 4) is 0 Å². The molecule has 0 aliphatic heterocycles. The molecule has 0 N–H and O–H groups in total. The quantitative estimate of drug-likeness (QED) is 0.0348. The highest BCUT2D eigenvalue weighted by atomic mass is 16.6. The lowest BCUT2D eigenvalue weighted by Gasteiger charge is -2.18. The molecule has 55 heavy (non-hydrogen) atoms. The summed E-state index contributed by atoms with van der Waals surface area (Å²) < 4.78 is 16.8. The van der Waals surface area contributed by atoms with Gasteiger partial charge in [0.05, 0.1) is 0 Å². The van der Waals surface area contributed by atoms with E-state index in [0.717, 1.165) is 69.6 Å². The van der Waals surface area contributed by atoms with Gasteiger partial charge in [-0.2, -0.15) is 0 Å². The van der Waals surface area contributed by atoms with Crippen molar-refractivity contribution in [2.75, 3.05) is 13.2 Å². The van der Waals surface area contributed by atoms with Crippen LogP contribution in [0.4, 0.5) is 0 Å². The number of ether oxygens (including phenoxy) is 3. The average molecular weight is 779 g/mol. The SMILES string of the molecule is CCCCCCCCCCCCCCC(=O)OC[C@H](COC(=O)CCCCCCCCCCCCC(C)C)OC(=O)CCCCCCCCCCC(C)CC. The zero-order chi connectivity index (χ0) is 40.5. The number of rotatable bonds is 43. The van der Waals surface area contributed by atoms with Gasteiger partial charge in [-0.05, 0) is 31.1 Å². The monoisotopic (exact) mass is 779 g/mol. The number of hydrogen-bond acceptors (Lipinski definition) is 6. The molecule has 0 aromatic carbocycles. The minimum absolute atomic E-state index is 0.0646. The normalized spacial score (nSPS) is 12.5. The lowest BCUT2D eigenvalue weighted by molar-refractivity contribution is -0.167. The standard InChI is InChI=1S/C49H94O6/c1-6-8-9-10-11-12-13-14-18-24-29-34-39-47(50)53-42-46(55-49(52)41-36-31-26-21-20-23-28-33-38-45(5)7-2)43-54-48(51)40-35-30-25-19-16-15-17-22-27-32-37-44(3)4/h44-46H,6-43H2,1-5H3/t45?,46-/m1/s1. The van der Waals surface area contributed by atoms with Crippen LogP contribution in [0.3, 0.4) is 0 Å². The Labute approximate surface area is 342 Å². The van der Waals surface area contributed by atoms with Crippen molar-refractivity contribution >= 4 is 17.9 Å². The van der Waals surface area contributed by atoms with Gasteiger partial charge >= 0.3 is 17.9 Å². The molecule has 0 aliphatic carbocycles. The Hall–Kier alpha value is -1.59. The largest absolute Gasteiger partial charge is 0.462 e. The van der Waals surface area contributed by atoms with E-state index < -0.39 is 6.10 Å². The molecule has 6 heteroatoms. The number of carbonyl (C=O) groups is 3. The summed E-state index contributed by atoms with van der Waals surface area (Å²) in [6.45, 7) is 11.3. The van der Waals surface area contributed by atoms with Crippen LogP contribution in [-0.4, -0.2) is 37.2 Å². The van der Waals surface area contributed by atoms with Crippen LogP contribution in [0.25, 0.3) is 0 Å². The predicted molar refractivity (Wildman–Crippen MR) is 233 cm³/mol. The van der Waals surface area contributed by atoms with E-state index in [2.05, 4.69) is 34.6 Å². The summed E-state index contributed by atoms with van der Waals surface area (Å²) in [6.07, 6.45) is 40.8. The second kappa shape index (κ2) is 42.0. The molecule has 1 unspecified atom stereocenters. The Bertz CT molecular complexity index is 841. The predicted octanol–water partition coefficient (Wildman–Crippen LogP) is 15.4. The Kier molecular flexibility index (Phi) is 40.8. The maximum absolute atomic E-state index is 12.7. The Morgan fingerprint density at radius 2 is 0.691 bits per heavy atom. The van der Waals surface area contributed by atoms with Gasteiger partial charge < -0.3 is 14.2 Å². The van der Waals surface area contributed by atoms with Crippen LogP contribution in [-0.2, 0) is 28.6 Å². The van der Waals surface area contributed by atoms with Gasteiger partial charge in [-0.25, -0.2) is 0 Å². The molecule has 0 heterocycles. The molecule has 0 rings (SSSR count). The second-order valence-electron chi connectivity index (χ2n) is 17.5. The maximum atomic E-state index is 12.7. The minimum Gasteiger partial charge on any atom is -0.462 e. The Morgan fingerprint density at radius 3 is 1.04 bits per heavy atom. The minimum atomic E-state index is -0.761. The van der Waals surface area contributed by atoms with Crippen molar-refractivity contribution in [3.63, 3.8) is 0 Å². The van der Waals surface area contributed by atoms with E-state index in [1.54, 1.807) is 0 Å². The summed E-state index contributed by atoms with van der Waals surface area (Å²) in [5, 5.41) is 0. The molecule has 0 bridgehead atoms. The molecule has 0 aromatic heterocycles. The van der Waals surface area contributed by atoms with Gasteiger partial charge in [0.25, 0.3) is 0 Å². The molecule has 0 spiro atoms. The Balaban J connectivity index is 4.34. The smallest absolute Gasteiger partial charge is 0.306 e. The first-order valence-electron chi connectivity index (χ1n) is 24.3. The summed E-state index contributed by atoms with van der Waals surface area (Å²) in [7, 11) is 0. The van der Waals surface area contributed by atoms with Gasteiger partial charge in [-0.15, -0.1) is 0 Å². The molecule has 0 fully saturated rings. The van der Waals surface area contributed by atoms with Crippen LogP contribution in [0.1, 0.15) is 266 Å². The van der Waals surface area contributed by atoms with Crippen LogP contribution in [0.5, 0.6) is 0 Å². The van der Waals surface area contributed by atoms with Crippen LogP contribution in [0.2, 0.25) is 0 Å². The van der Waals surface area contributed by atoms with E-state index in [9.17, 15) is 14.4 Å². The van der Waals surface area contributed by atoms with Gasteiger partial charge in [0.15, 0.2) is 6.10 Å². The zero-order valence-corrected chi connectivity index (χ0v) is 37.6. The van der Waals surface area contributed by atoms with Crippen molar-refractivity contribution < 1.29 is 28.6 Å². The third-order valence-corrected chi connectivity index (χ3v) is 11.3. The first-order chi connectivity index (χ1) is 26.8. The molecule has 0 saturated heterocycles. The molecule has 0 amide bonds. The number of unbranched alkanes of at least 4 members (excludes halogenated alkanes) is 27. The summed E-state index contributed by atoms with van der Waals surface area (Å²) in [5.74, 6) is 0.809. The Morgan fingerprint density at radius 1 is 0.382 bits per heavy atom. The fourth-order valence-electron chi connectivity index (χ4n) is 7.25.